The minimum Gasteiger partial charge on any atom is -0.398 e. The second-order valence-electron chi connectivity index (χ2n) is 5.48. The van der Waals surface area contributed by atoms with Crippen LogP contribution in [0.1, 0.15) is 69.6 Å². The number of hydrogen-bond donors (Lipinski definition) is 1. The lowest BCUT2D eigenvalue weighted by atomic mass is 9.90. The van der Waals surface area contributed by atoms with Crippen LogP contribution in [-0.2, 0) is 6.42 Å². The smallest absolute Gasteiger partial charge is 0.0393 e. The van der Waals surface area contributed by atoms with Gasteiger partial charge in [-0.15, -0.1) is 0 Å². The fourth-order valence-electron chi connectivity index (χ4n) is 3.41. The van der Waals surface area contributed by atoms with Gasteiger partial charge in [0.15, 0.2) is 0 Å². The molecule has 0 saturated carbocycles. The number of nitrogens with two attached hydrogens (primary N) is 1. The maximum absolute atomic E-state index is 6.23. The second kappa shape index (κ2) is 6.30. The van der Waals surface area contributed by atoms with Crippen molar-refractivity contribution in [2.45, 2.75) is 59.3 Å². The number of benzene rings is 1. The van der Waals surface area contributed by atoms with Gasteiger partial charge in [-0.05, 0) is 66.9 Å². The van der Waals surface area contributed by atoms with Crippen molar-refractivity contribution in [3.8, 4) is 0 Å². The average Bonchev–Trinajstić information content (AvgIpc) is 2.89. The first-order valence-electron chi connectivity index (χ1n) is 8.03. The highest BCUT2D eigenvalue weighted by molar-refractivity contribution is 5.88. The quantitative estimate of drug-likeness (QED) is 0.695. The third-order valence-corrected chi connectivity index (χ3v) is 4.43. The first kappa shape index (κ1) is 14.9. The Balaban J connectivity index is 0.000000704. The van der Waals surface area contributed by atoms with E-state index in [1.807, 2.05) is 13.8 Å². The molecule has 1 aromatic rings. The Morgan fingerprint density at radius 1 is 1.20 bits per heavy atom. The van der Waals surface area contributed by atoms with Crippen molar-refractivity contribution in [3.05, 3.63) is 41.0 Å². The van der Waals surface area contributed by atoms with Gasteiger partial charge >= 0.3 is 0 Å². The summed E-state index contributed by atoms with van der Waals surface area (Å²) in [4.78, 5) is 0. The lowest BCUT2D eigenvalue weighted by molar-refractivity contribution is 0.711. The van der Waals surface area contributed by atoms with Crippen molar-refractivity contribution in [3.63, 3.8) is 0 Å². The highest BCUT2D eigenvalue weighted by atomic mass is 14.6. The van der Waals surface area contributed by atoms with Crippen LogP contribution in [0.25, 0.3) is 11.1 Å². The first-order chi connectivity index (χ1) is 9.72. The standard InChI is InChI=1S/C17H21N.C2H6/c1-3-11(2)13-8-9-16(18)17-14-7-5-4-6-12(14)10-15(13)17;1-2/h8-9H,2-7,10,18H2,1H3;1-2H3. The van der Waals surface area contributed by atoms with Crippen LogP contribution in [0.4, 0.5) is 5.69 Å². The van der Waals surface area contributed by atoms with E-state index in [2.05, 4.69) is 25.6 Å². The summed E-state index contributed by atoms with van der Waals surface area (Å²) in [5.74, 6) is 0. The van der Waals surface area contributed by atoms with Crippen LogP contribution in [0.3, 0.4) is 0 Å². The molecule has 0 saturated heterocycles. The molecule has 2 aliphatic carbocycles. The van der Waals surface area contributed by atoms with E-state index in [-0.39, 0.29) is 0 Å². The Labute approximate surface area is 123 Å². The molecule has 0 amide bonds. The van der Waals surface area contributed by atoms with Crippen molar-refractivity contribution in [1.82, 2.24) is 0 Å². The number of anilines is 1. The van der Waals surface area contributed by atoms with E-state index < -0.39 is 0 Å². The van der Waals surface area contributed by atoms with Gasteiger partial charge in [0.1, 0.15) is 0 Å². The number of nitrogen functional groups attached to an aromatic ring is 1. The maximum Gasteiger partial charge on any atom is 0.0393 e. The molecule has 108 valence electrons. The predicted molar refractivity (Wildman–Crippen MR) is 90.6 cm³/mol. The molecule has 2 N–H and O–H groups in total. The van der Waals surface area contributed by atoms with Crippen LogP contribution in [0.5, 0.6) is 0 Å². The lowest BCUT2D eigenvalue weighted by Gasteiger charge is -2.16. The zero-order valence-corrected chi connectivity index (χ0v) is 13.2. The van der Waals surface area contributed by atoms with E-state index in [1.165, 1.54) is 47.9 Å². The maximum atomic E-state index is 6.23. The van der Waals surface area contributed by atoms with Crippen LogP contribution in [0, 0.1) is 0 Å². The fraction of sp³-hybridized carbons (Fsp3) is 0.474. The van der Waals surface area contributed by atoms with Gasteiger partial charge in [0, 0.05) is 11.3 Å². The summed E-state index contributed by atoms with van der Waals surface area (Å²) in [6, 6.07) is 4.23. The van der Waals surface area contributed by atoms with E-state index in [1.54, 1.807) is 11.1 Å². The highest BCUT2D eigenvalue weighted by Crippen LogP contribution is 2.46. The Morgan fingerprint density at radius 3 is 2.60 bits per heavy atom. The topological polar surface area (TPSA) is 26.0 Å². The van der Waals surface area contributed by atoms with E-state index in [4.69, 9.17) is 5.73 Å². The summed E-state index contributed by atoms with van der Waals surface area (Å²) in [5, 5.41) is 0. The van der Waals surface area contributed by atoms with Gasteiger partial charge in [0.25, 0.3) is 0 Å². The second-order valence-corrected chi connectivity index (χ2v) is 5.48. The summed E-state index contributed by atoms with van der Waals surface area (Å²) < 4.78 is 0. The Hall–Kier alpha value is -1.50. The normalized spacial score (nSPS) is 16.1. The highest BCUT2D eigenvalue weighted by Gasteiger charge is 2.27. The number of rotatable bonds is 2. The molecule has 20 heavy (non-hydrogen) atoms. The lowest BCUT2D eigenvalue weighted by Crippen LogP contribution is -1.99. The van der Waals surface area contributed by atoms with Gasteiger partial charge in [0.05, 0.1) is 0 Å². The third kappa shape index (κ3) is 2.42. The zero-order chi connectivity index (χ0) is 14.7. The molecule has 0 bridgehead atoms. The predicted octanol–water partition coefficient (Wildman–Crippen LogP) is 5.60. The van der Waals surface area contributed by atoms with Gasteiger partial charge in [-0.3, -0.25) is 0 Å². The minimum atomic E-state index is 0.963. The van der Waals surface area contributed by atoms with Crippen LogP contribution >= 0.6 is 0 Å². The Morgan fingerprint density at radius 2 is 1.90 bits per heavy atom. The molecular weight excluding hydrogens is 242 g/mol. The molecule has 0 unspecified atom stereocenters. The van der Waals surface area contributed by atoms with Crippen molar-refractivity contribution in [1.29, 1.82) is 0 Å². The molecule has 0 aliphatic heterocycles. The number of hydrogen-bond acceptors (Lipinski definition) is 1. The Kier molecular flexibility index (Phi) is 4.69. The summed E-state index contributed by atoms with van der Waals surface area (Å²) in [7, 11) is 0. The van der Waals surface area contributed by atoms with E-state index >= 15 is 0 Å². The van der Waals surface area contributed by atoms with Crippen molar-refractivity contribution >= 4 is 16.8 Å². The van der Waals surface area contributed by atoms with E-state index in [0.717, 1.165) is 18.5 Å². The van der Waals surface area contributed by atoms with Crippen LogP contribution in [-0.4, -0.2) is 0 Å². The SMILES string of the molecule is C=C(CC)c1ccc(N)c2c1CC1=C2CCCC1.CC. The molecule has 0 fully saturated rings. The van der Waals surface area contributed by atoms with Crippen molar-refractivity contribution < 1.29 is 0 Å². The first-order valence-corrected chi connectivity index (χ1v) is 8.03. The summed E-state index contributed by atoms with van der Waals surface area (Å²) in [5.41, 5.74) is 15.8. The summed E-state index contributed by atoms with van der Waals surface area (Å²) >= 11 is 0. The number of allylic oxidation sites excluding steroid dienone is 3. The molecule has 1 heteroatoms. The number of fused-ring (bicyclic) bond motifs is 2. The average molecular weight is 269 g/mol. The van der Waals surface area contributed by atoms with Crippen molar-refractivity contribution in [2.24, 2.45) is 0 Å². The van der Waals surface area contributed by atoms with Gasteiger partial charge in [-0.25, -0.2) is 0 Å². The minimum absolute atomic E-state index is 0.963. The molecule has 0 radical (unpaired) electrons. The van der Waals surface area contributed by atoms with Crippen LogP contribution in [0.2, 0.25) is 0 Å². The molecule has 0 aromatic heterocycles. The van der Waals surface area contributed by atoms with Gasteiger partial charge in [-0.2, -0.15) is 0 Å². The third-order valence-electron chi connectivity index (χ3n) is 4.43. The molecular formula is C19H27N. The molecule has 0 spiro atoms. The summed E-state index contributed by atoms with van der Waals surface area (Å²) in [6.07, 6.45) is 7.27. The van der Waals surface area contributed by atoms with Gasteiger partial charge in [0.2, 0.25) is 0 Å². The Bertz CT molecular complexity index is 549. The molecule has 2 aliphatic rings. The van der Waals surface area contributed by atoms with E-state index in [0.29, 0.717) is 0 Å². The molecule has 1 aromatic carbocycles. The van der Waals surface area contributed by atoms with Crippen molar-refractivity contribution in [2.75, 3.05) is 5.73 Å². The van der Waals surface area contributed by atoms with Gasteiger partial charge in [-0.1, -0.05) is 39.0 Å². The molecule has 1 nitrogen and oxygen atoms in total. The molecule has 0 atom stereocenters. The van der Waals surface area contributed by atoms with Crippen LogP contribution in [0.15, 0.2) is 24.3 Å². The molecule has 3 rings (SSSR count). The zero-order valence-electron chi connectivity index (χ0n) is 13.2. The van der Waals surface area contributed by atoms with Crippen LogP contribution < -0.4 is 5.73 Å². The monoisotopic (exact) mass is 269 g/mol. The largest absolute Gasteiger partial charge is 0.398 e. The fourth-order valence-corrected chi connectivity index (χ4v) is 3.41. The van der Waals surface area contributed by atoms with E-state index in [9.17, 15) is 0 Å². The summed E-state index contributed by atoms with van der Waals surface area (Å²) in [6.45, 7) is 10.4. The van der Waals surface area contributed by atoms with Gasteiger partial charge < -0.3 is 5.73 Å². The molecule has 0 heterocycles.